The number of aryl methyl sites for hydroxylation is 2. The van der Waals surface area contributed by atoms with Crippen molar-refractivity contribution in [1.29, 1.82) is 0 Å². The summed E-state index contributed by atoms with van der Waals surface area (Å²) in [5.74, 6) is 0. The molecular weight excluding hydrogens is 158 g/mol. The quantitative estimate of drug-likeness (QED) is 0.612. The Labute approximate surface area is 80.5 Å². The Balaban J connectivity index is 2.80. The topological polar surface area (TPSA) is 12.4 Å². The third-order valence-corrected chi connectivity index (χ3v) is 2.15. The summed E-state index contributed by atoms with van der Waals surface area (Å²) in [4.78, 5) is 4.38. The lowest BCUT2D eigenvalue weighted by Crippen LogP contribution is -1.88. The number of aliphatic imine (C=N–C) groups is 1. The zero-order chi connectivity index (χ0) is 9.84. The van der Waals surface area contributed by atoms with E-state index in [1.165, 1.54) is 16.7 Å². The zero-order valence-electron chi connectivity index (χ0n) is 8.89. The van der Waals surface area contributed by atoms with Gasteiger partial charge in [-0.05, 0) is 44.4 Å². The molecular formula is C12H17N. The molecule has 70 valence electrons. The van der Waals surface area contributed by atoms with Crippen LogP contribution in [0.25, 0.3) is 0 Å². The first-order valence-electron chi connectivity index (χ1n) is 4.63. The van der Waals surface area contributed by atoms with Gasteiger partial charge in [-0.3, -0.25) is 4.99 Å². The van der Waals surface area contributed by atoms with Crippen LogP contribution in [0.15, 0.2) is 23.2 Å². The molecule has 0 radical (unpaired) electrons. The molecule has 1 aromatic carbocycles. The molecule has 0 aliphatic heterocycles. The van der Waals surface area contributed by atoms with Crippen molar-refractivity contribution in [2.45, 2.75) is 34.2 Å². The van der Waals surface area contributed by atoms with Crippen LogP contribution in [0, 0.1) is 13.8 Å². The third-order valence-electron chi connectivity index (χ3n) is 2.15. The summed E-state index contributed by atoms with van der Waals surface area (Å²) in [5.41, 5.74) is 5.13. The lowest BCUT2D eigenvalue weighted by atomic mass is 10.1. The molecule has 0 aromatic heterocycles. The van der Waals surface area contributed by atoms with Gasteiger partial charge in [0.15, 0.2) is 0 Å². The van der Waals surface area contributed by atoms with Crippen molar-refractivity contribution in [2.24, 2.45) is 4.99 Å². The summed E-state index contributed by atoms with van der Waals surface area (Å²) in [6, 6.07) is 6.52. The summed E-state index contributed by atoms with van der Waals surface area (Å²) in [6.07, 6.45) is 0. The Bertz CT molecular complexity index is 320. The van der Waals surface area contributed by atoms with E-state index < -0.39 is 0 Å². The molecule has 0 N–H and O–H groups in total. The summed E-state index contributed by atoms with van der Waals surface area (Å²) in [6.45, 7) is 9.14. The molecule has 0 saturated heterocycles. The van der Waals surface area contributed by atoms with Crippen LogP contribution in [0.2, 0.25) is 0 Å². The lowest BCUT2D eigenvalue weighted by molar-refractivity contribution is 1.05. The largest absolute Gasteiger partial charge is 0.290 e. The van der Waals surface area contributed by atoms with Crippen molar-refractivity contribution in [3.8, 4) is 0 Å². The molecule has 13 heavy (non-hydrogen) atoms. The van der Waals surface area contributed by atoms with Gasteiger partial charge in [-0.1, -0.05) is 18.2 Å². The van der Waals surface area contributed by atoms with Crippen LogP contribution in [0.3, 0.4) is 0 Å². The number of hydrogen-bond acceptors (Lipinski definition) is 1. The van der Waals surface area contributed by atoms with Crippen LogP contribution in [0.1, 0.15) is 30.5 Å². The van der Waals surface area contributed by atoms with Gasteiger partial charge >= 0.3 is 0 Å². The van der Waals surface area contributed by atoms with Gasteiger partial charge in [-0.25, -0.2) is 0 Å². The minimum absolute atomic E-state index is 0.809. The van der Waals surface area contributed by atoms with Crippen molar-refractivity contribution in [2.75, 3.05) is 0 Å². The minimum atomic E-state index is 0.809. The predicted octanol–water partition coefficient (Wildman–Crippen LogP) is 3.28. The Morgan fingerprint density at radius 3 is 2.38 bits per heavy atom. The van der Waals surface area contributed by atoms with E-state index in [-0.39, 0.29) is 0 Å². The summed E-state index contributed by atoms with van der Waals surface area (Å²) in [7, 11) is 0. The highest BCUT2D eigenvalue weighted by Gasteiger charge is 1.94. The SMILES string of the molecule is CC(C)=NCc1ccc(C)c(C)c1. The average Bonchev–Trinajstić information content (AvgIpc) is 2.07. The molecule has 0 saturated carbocycles. The van der Waals surface area contributed by atoms with E-state index in [1.54, 1.807) is 0 Å². The fourth-order valence-corrected chi connectivity index (χ4v) is 1.15. The van der Waals surface area contributed by atoms with Crippen molar-refractivity contribution in [3.05, 3.63) is 34.9 Å². The summed E-state index contributed by atoms with van der Waals surface area (Å²) >= 11 is 0. The Morgan fingerprint density at radius 1 is 1.15 bits per heavy atom. The van der Waals surface area contributed by atoms with Crippen molar-refractivity contribution >= 4 is 5.71 Å². The number of hydrogen-bond donors (Lipinski definition) is 0. The highest BCUT2D eigenvalue weighted by atomic mass is 14.7. The molecule has 1 aromatic rings. The van der Waals surface area contributed by atoms with E-state index in [2.05, 4.69) is 37.0 Å². The van der Waals surface area contributed by atoms with Gasteiger partial charge in [0.25, 0.3) is 0 Å². The molecule has 0 atom stereocenters. The van der Waals surface area contributed by atoms with Crippen LogP contribution in [0.5, 0.6) is 0 Å². The highest BCUT2D eigenvalue weighted by Crippen LogP contribution is 2.10. The molecule has 0 amide bonds. The predicted molar refractivity (Wildman–Crippen MR) is 58.4 cm³/mol. The zero-order valence-corrected chi connectivity index (χ0v) is 8.89. The molecule has 0 unspecified atom stereocenters. The second-order valence-corrected chi connectivity index (χ2v) is 3.68. The van der Waals surface area contributed by atoms with E-state index in [4.69, 9.17) is 0 Å². The molecule has 1 heteroatoms. The first-order valence-corrected chi connectivity index (χ1v) is 4.63. The van der Waals surface area contributed by atoms with Gasteiger partial charge in [0.05, 0.1) is 6.54 Å². The average molecular weight is 175 g/mol. The molecule has 0 aliphatic rings. The third kappa shape index (κ3) is 3.02. The van der Waals surface area contributed by atoms with Crippen LogP contribution >= 0.6 is 0 Å². The van der Waals surface area contributed by atoms with Crippen LogP contribution < -0.4 is 0 Å². The normalized spacial score (nSPS) is 9.85. The second-order valence-electron chi connectivity index (χ2n) is 3.68. The van der Waals surface area contributed by atoms with E-state index in [1.807, 2.05) is 13.8 Å². The molecule has 1 nitrogen and oxygen atoms in total. The monoisotopic (exact) mass is 175 g/mol. The van der Waals surface area contributed by atoms with Gasteiger partial charge in [0, 0.05) is 5.71 Å². The smallest absolute Gasteiger partial charge is 0.0638 e. The van der Waals surface area contributed by atoms with Crippen molar-refractivity contribution < 1.29 is 0 Å². The van der Waals surface area contributed by atoms with Crippen LogP contribution in [-0.2, 0) is 6.54 Å². The van der Waals surface area contributed by atoms with E-state index in [9.17, 15) is 0 Å². The minimum Gasteiger partial charge on any atom is -0.290 e. The van der Waals surface area contributed by atoms with Gasteiger partial charge < -0.3 is 0 Å². The van der Waals surface area contributed by atoms with Gasteiger partial charge in [0.1, 0.15) is 0 Å². The fraction of sp³-hybridized carbons (Fsp3) is 0.417. The van der Waals surface area contributed by atoms with Gasteiger partial charge in [-0.2, -0.15) is 0 Å². The van der Waals surface area contributed by atoms with Gasteiger partial charge in [-0.15, -0.1) is 0 Å². The standard InChI is InChI=1S/C12H17N/c1-9(2)13-8-12-6-5-10(3)11(4)7-12/h5-7H,8H2,1-4H3. The number of rotatable bonds is 2. The first kappa shape index (κ1) is 9.97. The molecule has 0 heterocycles. The summed E-state index contributed by atoms with van der Waals surface area (Å²) < 4.78 is 0. The highest BCUT2D eigenvalue weighted by molar-refractivity contribution is 5.79. The maximum absolute atomic E-state index is 4.38. The van der Waals surface area contributed by atoms with Gasteiger partial charge in [0.2, 0.25) is 0 Å². The lowest BCUT2D eigenvalue weighted by Gasteiger charge is -2.02. The Kier molecular flexibility index (Phi) is 3.24. The molecule has 0 bridgehead atoms. The van der Waals surface area contributed by atoms with E-state index >= 15 is 0 Å². The molecule has 0 fully saturated rings. The Hall–Kier alpha value is -1.11. The van der Waals surface area contributed by atoms with E-state index in [0.29, 0.717) is 0 Å². The summed E-state index contributed by atoms with van der Waals surface area (Å²) in [5, 5.41) is 0. The van der Waals surface area contributed by atoms with Crippen molar-refractivity contribution in [1.82, 2.24) is 0 Å². The molecule has 1 rings (SSSR count). The number of nitrogens with zero attached hydrogens (tertiary/aromatic N) is 1. The fourth-order valence-electron chi connectivity index (χ4n) is 1.15. The maximum atomic E-state index is 4.38. The van der Waals surface area contributed by atoms with Crippen molar-refractivity contribution in [3.63, 3.8) is 0 Å². The van der Waals surface area contributed by atoms with Crippen LogP contribution in [-0.4, -0.2) is 5.71 Å². The first-order chi connectivity index (χ1) is 6.09. The van der Waals surface area contributed by atoms with Crippen LogP contribution in [0.4, 0.5) is 0 Å². The van der Waals surface area contributed by atoms with E-state index in [0.717, 1.165) is 12.3 Å². The molecule has 0 spiro atoms. The Morgan fingerprint density at radius 2 is 1.85 bits per heavy atom. The molecule has 0 aliphatic carbocycles. The maximum Gasteiger partial charge on any atom is 0.0638 e. The second kappa shape index (κ2) is 4.22. The number of benzene rings is 1.